The molecule has 0 saturated carbocycles. The average molecular weight is 275 g/mol. The Morgan fingerprint density at radius 1 is 1.21 bits per heavy atom. The highest BCUT2D eigenvalue weighted by molar-refractivity contribution is 5.35. The normalized spacial score (nSPS) is 15.6. The molecule has 5 heteroatoms. The van der Waals surface area contributed by atoms with E-state index >= 15 is 0 Å². The van der Waals surface area contributed by atoms with Crippen molar-refractivity contribution in [1.82, 2.24) is 0 Å². The van der Waals surface area contributed by atoms with Crippen LogP contribution >= 0.6 is 0 Å². The summed E-state index contributed by atoms with van der Waals surface area (Å²) in [7, 11) is 1.56. The predicted molar refractivity (Wildman–Crippen MR) is 68.7 cm³/mol. The molecule has 0 saturated heterocycles. The zero-order valence-electron chi connectivity index (χ0n) is 11.6. The molecular formula is C14H20F3NO. The molecule has 0 aromatic heterocycles. The summed E-state index contributed by atoms with van der Waals surface area (Å²) in [6, 6.07) is 3.20. The number of ether oxygens (including phenoxy) is 1. The summed E-state index contributed by atoms with van der Waals surface area (Å²) in [5.74, 6) is 0.182. The van der Waals surface area contributed by atoms with Crippen molar-refractivity contribution in [2.24, 2.45) is 11.7 Å². The third-order valence-electron chi connectivity index (χ3n) is 3.24. The second-order valence-corrected chi connectivity index (χ2v) is 5.04. The Hall–Kier alpha value is -1.07. The Morgan fingerprint density at radius 2 is 1.79 bits per heavy atom. The zero-order chi connectivity index (χ0) is 14.8. The molecule has 1 aromatic rings. The Balaban J connectivity index is 3.09. The summed E-state index contributed by atoms with van der Waals surface area (Å²) < 4.78 is 43.1. The first-order valence-corrected chi connectivity index (χ1v) is 6.14. The van der Waals surface area contributed by atoms with Gasteiger partial charge in [0.05, 0.1) is 17.7 Å². The van der Waals surface area contributed by atoms with E-state index in [4.69, 9.17) is 10.5 Å². The number of nitrogens with two attached hydrogens (primary N) is 1. The average Bonchev–Trinajstić information content (AvgIpc) is 2.27. The number of hydrogen-bond acceptors (Lipinski definition) is 2. The Bertz CT molecular complexity index is 429. The van der Waals surface area contributed by atoms with Crippen molar-refractivity contribution in [1.29, 1.82) is 0 Å². The standard InChI is InChI=1S/C14H20F3NO/c1-8(2)13(19-4)12(18)11-6-5-10(7-9(11)3)14(15,16)17/h5-8,12-13H,18H2,1-4H3. The van der Waals surface area contributed by atoms with Crippen LogP contribution in [0.1, 0.15) is 36.6 Å². The minimum absolute atomic E-state index is 0.182. The van der Waals surface area contributed by atoms with Gasteiger partial charge in [-0.1, -0.05) is 19.9 Å². The lowest BCUT2D eigenvalue weighted by Gasteiger charge is -2.27. The summed E-state index contributed by atoms with van der Waals surface area (Å²) in [6.07, 6.45) is -4.55. The summed E-state index contributed by atoms with van der Waals surface area (Å²) in [5.41, 5.74) is 6.67. The maximum absolute atomic E-state index is 12.6. The van der Waals surface area contributed by atoms with Gasteiger partial charge in [0, 0.05) is 7.11 Å². The smallest absolute Gasteiger partial charge is 0.379 e. The highest BCUT2D eigenvalue weighted by Gasteiger charge is 2.31. The Kier molecular flexibility index (Phi) is 4.98. The molecular weight excluding hydrogens is 255 g/mol. The molecule has 0 aliphatic carbocycles. The van der Waals surface area contributed by atoms with E-state index in [0.717, 1.165) is 12.1 Å². The van der Waals surface area contributed by atoms with Gasteiger partial charge in [-0.15, -0.1) is 0 Å². The first-order valence-electron chi connectivity index (χ1n) is 6.14. The van der Waals surface area contributed by atoms with Crippen LogP contribution < -0.4 is 5.73 Å². The Labute approximate surface area is 111 Å². The molecule has 19 heavy (non-hydrogen) atoms. The number of alkyl halides is 3. The zero-order valence-corrected chi connectivity index (χ0v) is 11.6. The molecule has 1 aromatic carbocycles. The molecule has 0 radical (unpaired) electrons. The SMILES string of the molecule is COC(C(C)C)C(N)c1ccc(C(F)(F)F)cc1C. The van der Waals surface area contributed by atoms with Gasteiger partial charge in [-0.25, -0.2) is 0 Å². The van der Waals surface area contributed by atoms with Gasteiger partial charge >= 0.3 is 6.18 Å². The van der Waals surface area contributed by atoms with Crippen molar-refractivity contribution < 1.29 is 17.9 Å². The van der Waals surface area contributed by atoms with Gasteiger partial charge in [-0.3, -0.25) is 0 Å². The number of rotatable bonds is 4. The molecule has 0 bridgehead atoms. The fraction of sp³-hybridized carbons (Fsp3) is 0.571. The van der Waals surface area contributed by atoms with Crippen LogP contribution in [-0.2, 0) is 10.9 Å². The molecule has 2 nitrogen and oxygen atoms in total. The van der Waals surface area contributed by atoms with E-state index < -0.39 is 17.8 Å². The monoisotopic (exact) mass is 275 g/mol. The minimum Gasteiger partial charge on any atom is -0.379 e. The third kappa shape index (κ3) is 3.70. The van der Waals surface area contributed by atoms with Crippen LogP contribution in [-0.4, -0.2) is 13.2 Å². The summed E-state index contributed by atoms with van der Waals surface area (Å²) in [4.78, 5) is 0. The molecule has 2 unspecified atom stereocenters. The molecule has 0 aliphatic rings. The number of aryl methyl sites for hydroxylation is 1. The number of methoxy groups -OCH3 is 1. The van der Waals surface area contributed by atoms with Gasteiger partial charge < -0.3 is 10.5 Å². The quantitative estimate of drug-likeness (QED) is 0.909. The van der Waals surface area contributed by atoms with E-state index in [1.54, 1.807) is 14.0 Å². The van der Waals surface area contributed by atoms with Gasteiger partial charge in [0.1, 0.15) is 0 Å². The van der Waals surface area contributed by atoms with Crippen LogP contribution in [0.15, 0.2) is 18.2 Å². The lowest BCUT2D eigenvalue weighted by molar-refractivity contribution is -0.137. The van der Waals surface area contributed by atoms with Crippen LogP contribution in [0, 0.1) is 12.8 Å². The molecule has 0 aliphatic heterocycles. The van der Waals surface area contributed by atoms with Gasteiger partial charge in [0.2, 0.25) is 0 Å². The first kappa shape index (κ1) is 16.0. The number of benzene rings is 1. The molecule has 0 amide bonds. The lowest BCUT2D eigenvalue weighted by Crippen LogP contribution is -2.33. The first-order chi connectivity index (χ1) is 8.68. The molecule has 1 rings (SSSR count). The van der Waals surface area contributed by atoms with Gasteiger partial charge in [0.25, 0.3) is 0 Å². The fourth-order valence-corrected chi connectivity index (χ4v) is 2.24. The minimum atomic E-state index is -4.33. The van der Waals surface area contributed by atoms with E-state index in [1.807, 2.05) is 13.8 Å². The van der Waals surface area contributed by atoms with Crippen molar-refractivity contribution in [2.45, 2.75) is 39.1 Å². The predicted octanol–water partition coefficient (Wildman–Crippen LogP) is 3.68. The summed E-state index contributed by atoms with van der Waals surface area (Å²) >= 11 is 0. The van der Waals surface area contributed by atoms with E-state index in [-0.39, 0.29) is 12.0 Å². The Morgan fingerprint density at radius 3 is 2.16 bits per heavy atom. The highest BCUT2D eigenvalue weighted by atomic mass is 19.4. The van der Waals surface area contributed by atoms with Crippen molar-refractivity contribution in [3.8, 4) is 0 Å². The number of hydrogen-bond donors (Lipinski definition) is 1. The summed E-state index contributed by atoms with van der Waals surface area (Å²) in [6.45, 7) is 5.57. The van der Waals surface area contributed by atoms with Crippen molar-refractivity contribution in [3.63, 3.8) is 0 Å². The van der Waals surface area contributed by atoms with Crippen molar-refractivity contribution >= 4 is 0 Å². The number of halogens is 3. The topological polar surface area (TPSA) is 35.2 Å². The molecule has 0 heterocycles. The van der Waals surface area contributed by atoms with Gasteiger partial charge in [-0.05, 0) is 36.1 Å². The van der Waals surface area contributed by atoms with Crippen LogP contribution in [0.25, 0.3) is 0 Å². The second kappa shape index (κ2) is 5.92. The van der Waals surface area contributed by atoms with E-state index in [0.29, 0.717) is 11.1 Å². The molecule has 2 atom stereocenters. The van der Waals surface area contributed by atoms with Crippen LogP contribution in [0.4, 0.5) is 13.2 Å². The van der Waals surface area contributed by atoms with Gasteiger partial charge in [0.15, 0.2) is 0 Å². The van der Waals surface area contributed by atoms with Crippen molar-refractivity contribution in [2.75, 3.05) is 7.11 Å². The van der Waals surface area contributed by atoms with E-state index in [1.165, 1.54) is 6.07 Å². The third-order valence-corrected chi connectivity index (χ3v) is 3.24. The largest absolute Gasteiger partial charge is 0.416 e. The molecule has 108 valence electrons. The fourth-order valence-electron chi connectivity index (χ4n) is 2.24. The lowest BCUT2D eigenvalue weighted by atomic mass is 9.90. The van der Waals surface area contributed by atoms with E-state index in [9.17, 15) is 13.2 Å². The van der Waals surface area contributed by atoms with Gasteiger partial charge in [-0.2, -0.15) is 13.2 Å². The molecule has 0 spiro atoms. The second-order valence-electron chi connectivity index (χ2n) is 5.04. The summed E-state index contributed by atoms with van der Waals surface area (Å²) in [5, 5.41) is 0. The van der Waals surface area contributed by atoms with Crippen molar-refractivity contribution in [3.05, 3.63) is 34.9 Å². The van der Waals surface area contributed by atoms with Crippen LogP contribution in [0.5, 0.6) is 0 Å². The van der Waals surface area contributed by atoms with Crippen LogP contribution in [0.3, 0.4) is 0 Å². The maximum Gasteiger partial charge on any atom is 0.416 e. The van der Waals surface area contributed by atoms with Crippen LogP contribution in [0.2, 0.25) is 0 Å². The molecule has 0 fully saturated rings. The molecule has 2 N–H and O–H groups in total. The highest BCUT2D eigenvalue weighted by Crippen LogP contribution is 2.32. The van der Waals surface area contributed by atoms with E-state index in [2.05, 4.69) is 0 Å². The maximum atomic E-state index is 12.6.